The fourth-order valence-electron chi connectivity index (χ4n) is 2.86. The fraction of sp³-hybridized carbons (Fsp3) is 0.529. The second-order valence-corrected chi connectivity index (χ2v) is 5.89. The Hall–Kier alpha value is -2.24. The summed E-state index contributed by atoms with van der Waals surface area (Å²) in [7, 11) is 0. The Bertz CT molecular complexity index is 523. The van der Waals surface area contributed by atoms with E-state index in [1.54, 1.807) is 0 Å². The molecule has 126 valence electrons. The highest BCUT2D eigenvalue weighted by Gasteiger charge is 2.28. The number of nitrogens with zero attached hydrogens (tertiary/aromatic N) is 2. The van der Waals surface area contributed by atoms with E-state index < -0.39 is 0 Å². The molecule has 0 saturated carbocycles. The third-order valence-corrected chi connectivity index (χ3v) is 3.98. The van der Waals surface area contributed by atoms with Crippen LogP contribution >= 0.6 is 0 Å². The lowest BCUT2D eigenvalue weighted by molar-refractivity contribution is -0.142. The van der Waals surface area contributed by atoms with Crippen LogP contribution in [-0.4, -0.2) is 41.9 Å². The lowest BCUT2D eigenvalue weighted by Gasteiger charge is -2.38. The quantitative estimate of drug-likeness (QED) is 0.495. The first kappa shape index (κ1) is 17.1. The van der Waals surface area contributed by atoms with Crippen LogP contribution in [0.2, 0.25) is 0 Å². The number of para-hydroxylation sites is 1. The van der Waals surface area contributed by atoms with Gasteiger partial charge in [-0.3, -0.25) is 4.79 Å². The molecule has 1 amide bonds. The molecule has 1 aromatic rings. The summed E-state index contributed by atoms with van der Waals surface area (Å²) < 4.78 is 5.44. The zero-order valence-corrected chi connectivity index (χ0v) is 13.8. The van der Waals surface area contributed by atoms with E-state index in [9.17, 15) is 4.79 Å². The lowest BCUT2D eigenvalue weighted by atomic mass is 9.97. The lowest BCUT2D eigenvalue weighted by Crippen LogP contribution is -2.48. The topological polar surface area (TPSA) is 77.2 Å². The fourth-order valence-corrected chi connectivity index (χ4v) is 2.86. The highest BCUT2D eigenvalue weighted by atomic mass is 16.6. The number of amides is 1. The summed E-state index contributed by atoms with van der Waals surface area (Å²) in [6, 6.07) is 9.81. The number of carbonyl (C=O) groups excluding carboxylic acids is 1. The van der Waals surface area contributed by atoms with Crippen molar-refractivity contribution < 1.29 is 14.4 Å². The van der Waals surface area contributed by atoms with Crippen LogP contribution in [0.25, 0.3) is 0 Å². The number of hydrogen-bond donors (Lipinski definition) is 1. The Morgan fingerprint density at radius 2 is 1.87 bits per heavy atom. The van der Waals surface area contributed by atoms with E-state index in [0.29, 0.717) is 5.75 Å². The predicted molar refractivity (Wildman–Crippen MR) is 89.1 cm³/mol. The van der Waals surface area contributed by atoms with Gasteiger partial charge in [0.05, 0.1) is 0 Å². The predicted octanol–water partition coefficient (Wildman–Crippen LogP) is 2.14. The molecule has 2 atom stereocenters. The van der Waals surface area contributed by atoms with Crippen molar-refractivity contribution in [3.05, 3.63) is 30.3 Å². The molecule has 1 fully saturated rings. The van der Waals surface area contributed by atoms with Crippen LogP contribution in [-0.2, 0) is 9.63 Å². The summed E-state index contributed by atoms with van der Waals surface area (Å²) in [4.78, 5) is 19.2. The Kier molecular flexibility index (Phi) is 6.26. The summed E-state index contributed by atoms with van der Waals surface area (Å²) >= 11 is 0. The highest BCUT2D eigenvalue weighted by molar-refractivity contribution is 5.81. The first-order valence-electron chi connectivity index (χ1n) is 8.01. The van der Waals surface area contributed by atoms with Crippen molar-refractivity contribution in [2.24, 2.45) is 10.9 Å². The molecule has 2 rings (SSSR count). The number of ether oxygens (including phenoxy) is 1. The van der Waals surface area contributed by atoms with Crippen molar-refractivity contribution in [2.45, 2.75) is 45.2 Å². The molecule has 0 radical (unpaired) electrons. The molecule has 1 aromatic carbocycles. The second kappa shape index (κ2) is 8.41. The number of hydrogen-bond acceptors (Lipinski definition) is 4. The van der Waals surface area contributed by atoms with Crippen LogP contribution < -0.4 is 10.5 Å². The maximum absolute atomic E-state index is 12.2. The summed E-state index contributed by atoms with van der Waals surface area (Å²) in [5.74, 6) is 0.851. The van der Waals surface area contributed by atoms with Gasteiger partial charge in [-0.05, 0) is 45.2 Å². The third kappa shape index (κ3) is 5.16. The molecule has 0 aliphatic carbocycles. The van der Waals surface area contributed by atoms with E-state index >= 15 is 0 Å². The van der Waals surface area contributed by atoms with Gasteiger partial charge in [-0.2, -0.15) is 0 Å². The molecule has 1 heterocycles. The zero-order chi connectivity index (χ0) is 16.7. The number of oxime groups is 1. The van der Waals surface area contributed by atoms with Crippen molar-refractivity contribution in [2.75, 3.05) is 13.2 Å². The van der Waals surface area contributed by atoms with E-state index in [0.717, 1.165) is 19.3 Å². The van der Waals surface area contributed by atoms with Gasteiger partial charge in [0.15, 0.2) is 12.4 Å². The zero-order valence-electron chi connectivity index (χ0n) is 13.8. The van der Waals surface area contributed by atoms with Gasteiger partial charge in [-0.15, -0.1) is 0 Å². The molecule has 2 unspecified atom stereocenters. The standard InChI is InChI=1S/C17H25N3O3/c1-13-7-6-8-14(2)20(13)17(21)12-23-19-16(18)11-22-15-9-4-3-5-10-15/h3-5,9-10,13-14H,6-8,11-12H2,1-2H3,(H2,18,19). The van der Waals surface area contributed by atoms with Gasteiger partial charge >= 0.3 is 0 Å². The Morgan fingerprint density at radius 1 is 1.22 bits per heavy atom. The van der Waals surface area contributed by atoms with Gasteiger partial charge in [0.1, 0.15) is 12.4 Å². The van der Waals surface area contributed by atoms with E-state index in [1.165, 1.54) is 0 Å². The first-order chi connectivity index (χ1) is 11.1. The van der Waals surface area contributed by atoms with E-state index in [-0.39, 0.29) is 37.0 Å². The molecule has 0 aromatic heterocycles. The normalized spacial score (nSPS) is 21.8. The maximum Gasteiger partial charge on any atom is 0.263 e. The molecular weight excluding hydrogens is 294 g/mol. The van der Waals surface area contributed by atoms with Crippen LogP contribution in [0.15, 0.2) is 35.5 Å². The highest BCUT2D eigenvalue weighted by Crippen LogP contribution is 2.22. The largest absolute Gasteiger partial charge is 0.486 e. The van der Waals surface area contributed by atoms with Gasteiger partial charge in [0.2, 0.25) is 0 Å². The van der Waals surface area contributed by atoms with Crippen LogP contribution in [0.3, 0.4) is 0 Å². The van der Waals surface area contributed by atoms with Crippen molar-refractivity contribution in [1.29, 1.82) is 0 Å². The molecule has 6 nitrogen and oxygen atoms in total. The average Bonchev–Trinajstić information content (AvgIpc) is 2.54. The molecule has 1 aliphatic rings. The van der Waals surface area contributed by atoms with E-state index in [2.05, 4.69) is 19.0 Å². The summed E-state index contributed by atoms with van der Waals surface area (Å²) in [6.45, 7) is 4.16. The second-order valence-electron chi connectivity index (χ2n) is 5.89. The molecular formula is C17H25N3O3. The number of likely N-dealkylation sites (tertiary alicyclic amines) is 1. The summed E-state index contributed by atoms with van der Waals surface area (Å²) in [6.07, 6.45) is 3.23. The maximum atomic E-state index is 12.2. The molecule has 23 heavy (non-hydrogen) atoms. The minimum atomic E-state index is -0.0965. The van der Waals surface area contributed by atoms with E-state index in [4.69, 9.17) is 15.3 Å². The van der Waals surface area contributed by atoms with Gasteiger partial charge in [0.25, 0.3) is 5.91 Å². The van der Waals surface area contributed by atoms with Gasteiger partial charge in [-0.25, -0.2) is 0 Å². The smallest absolute Gasteiger partial charge is 0.263 e. The van der Waals surface area contributed by atoms with Crippen molar-refractivity contribution >= 4 is 11.7 Å². The van der Waals surface area contributed by atoms with Gasteiger partial charge in [0, 0.05) is 12.1 Å². The van der Waals surface area contributed by atoms with Crippen molar-refractivity contribution in [3.63, 3.8) is 0 Å². The average molecular weight is 319 g/mol. The summed E-state index contributed by atoms with van der Waals surface area (Å²) in [5.41, 5.74) is 5.72. The molecule has 1 saturated heterocycles. The Labute approximate surface area is 137 Å². The minimum absolute atomic E-state index is 0.0507. The minimum Gasteiger partial charge on any atom is -0.486 e. The number of piperidine rings is 1. The molecule has 0 spiro atoms. The van der Waals surface area contributed by atoms with Crippen LogP contribution in [0.5, 0.6) is 5.75 Å². The monoisotopic (exact) mass is 319 g/mol. The third-order valence-electron chi connectivity index (χ3n) is 3.98. The van der Waals surface area contributed by atoms with E-state index in [1.807, 2.05) is 35.2 Å². The van der Waals surface area contributed by atoms with Crippen LogP contribution in [0, 0.1) is 0 Å². The van der Waals surface area contributed by atoms with Gasteiger partial charge < -0.3 is 20.2 Å². The van der Waals surface area contributed by atoms with Crippen LogP contribution in [0.4, 0.5) is 0 Å². The number of carbonyl (C=O) groups is 1. The Morgan fingerprint density at radius 3 is 2.52 bits per heavy atom. The van der Waals surface area contributed by atoms with Crippen LogP contribution in [0.1, 0.15) is 33.1 Å². The molecule has 1 aliphatic heterocycles. The first-order valence-corrected chi connectivity index (χ1v) is 8.01. The number of amidine groups is 1. The van der Waals surface area contributed by atoms with Crippen molar-refractivity contribution in [3.8, 4) is 5.75 Å². The number of rotatable bonds is 6. The SMILES string of the molecule is CC1CCCC(C)N1C(=O)CO/N=C(\N)COc1ccccc1. The molecule has 0 bridgehead atoms. The Balaban J connectivity index is 1.75. The van der Waals surface area contributed by atoms with Crippen molar-refractivity contribution in [1.82, 2.24) is 4.90 Å². The number of benzene rings is 1. The number of nitrogens with two attached hydrogens (primary N) is 1. The molecule has 2 N–H and O–H groups in total. The molecule has 6 heteroatoms. The van der Waals surface area contributed by atoms with Gasteiger partial charge in [-0.1, -0.05) is 23.4 Å². The summed E-state index contributed by atoms with van der Waals surface area (Å²) in [5, 5.41) is 3.75.